The molecule has 0 spiro atoms. The van der Waals surface area contributed by atoms with Gasteiger partial charge in [0.05, 0.1) is 13.2 Å². The van der Waals surface area contributed by atoms with Crippen molar-refractivity contribution in [1.29, 1.82) is 0 Å². The zero-order chi connectivity index (χ0) is 15.3. The van der Waals surface area contributed by atoms with Gasteiger partial charge in [0.25, 0.3) is 0 Å². The number of ether oxygens (including phenoxy) is 1. The largest absolute Gasteiger partial charge is 0.377 e. The summed E-state index contributed by atoms with van der Waals surface area (Å²) in [5.41, 5.74) is 2.44. The van der Waals surface area contributed by atoms with Gasteiger partial charge >= 0.3 is 0 Å². The summed E-state index contributed by atoms with van der Waals surface area (Å²) < 4.78 is 5.51. The minimum Gasteiger partial charge on any atom is -0.377 e. The van der Waals surface area contributed by atoms with Crippen LogP contribution in [0.15, 0.2) is 29.3 Å². The first-order valence-corrected chi connectivity index (χ1v) is 7.98. The second-order valence-corrected chi connectivity index (χ2v) is 4.88. The third-order valence-corrected chi connectivity index (χ3v) is 3.15. The first-order chi connectivity index (χ1) is 10.3. The quantitative estimate of drug-likeness (QED) is 0.278. The molecule has 0 radical (unpaired) electrons. The Bertz CT molecular complexity index is 424. The van der Waals surface area contributed by atoms with Gasteiger partial charge in [-0.15, -0.1) is 24.0 Å². The number of unbranched alkanes of at least 4 members (excludes halogenated alkanes) is 1. The molecule has 0 amide bonds. The molecule has 1 aromatic carbocycles. The van der Waals surface area contributed by atoms with Crippen LogP contribution in [-0.2, 0) is 17.9 Å². The number of hydrogen-bond acceptors (Lipinski definition) is 2. The molecule has 1 rings (SSSR count). The van der Waals surface area contributed by atoms with E-state index < -0.39 is 0 Å². The minimum absolute atomic E-state index is 0. The Morgan fingerprint density at radius 3 is 2.45 bits per heavy atom. The molecule has 5 heteroatoms. The van der Waals surface area contributed by atoms with Crippen molar-refractivity contribution in [2.45, 2.75) is 46.8 Å². The molecule has 0 bridgehead atoms. The van der Waals surface area contributed by atoms with Crippen LogP contribution in [0.4, 0.5) is 0 Å². The highest BCUT2D eigenvalue weighted by atomic mass is 127. The second kappa shape index (κ2) is 13.8. The third kappa shape index (κ3) is 8.58. The van der Waals surface area contributed by atoms with Gasteiger partial charge in [0.2, 0.25) is 0 Å². The zero-order valence-corrected chi connectivity index (χ0v) is 16.4. The number of benzene rings is 1. The predicted octanol–water partition coefficient (Wildman–Crippen LogP) is 3.70. The Morgan fingerprint density at radius 2 is 1.82 bits per heavy atom. The number of nitrogens with one attached hydrogen (secondary N) is 2. The van der Waals surface area contributed by atoms with Crippen LogP contribution >= 0.6 is 24.0 Å². The zero-order valence-electron chi connectivity index (χ0n) is 14.0. The molecule has 1 aromatic rings. The Morgan fingerprint density at radius 1 is 1.09 bits per heavy atom. The lowest BCUT2D eigenvalue weighted by Crippen LogP contribution is -2.37. The SMILES string of the molecule is CCCCNC(=NCc1ccccc1COCC)NCC.I. The van der Waals surface area contributed by atoms with Crippen molar-refractivity contribution in [3.8, 4) is 0 Å². The molecule has 4 nitrogen and oxygen atoms in total. The molecule has 0 saturated carbocycles. The summed E-state index contributed by atoms with van der Waals surface area (Å²) in [5, 5.41) is 6.64. The number of guanidine groups is 1. The van der Waals surface area contributed by atoms with E-state index in [2.05, 4.69) is 47.7 Å². The summed E-state index contributed by atoms with van der Waals surface area (Å²) in [6.45, 7) is 10.2. The van der Waals surface area contributed by atoms with Crippen LogP contribution in [0.2, 0.25) is 0 Å². The van der Waals surface area contributed by atoms with Crippen molar-refractivity contribution in [3.63, 3.8) is 0 Å². The van der Waals surface area contributed by atoms with Crippen LogP contribution in [0.3, 0.4) is 0 Å². The summed E-state index contributed by atoms with van der Waals surface area (Å²) in [6.07, 6.45) is 2.34. The van der Waals surface area contributed by atoms with E-state index in [0.717, 1.165) is 32.1 Å². The summed E-state index contributed by atoms with van der Waals surface area (Å²) in [7, 11) is 0. The van der Waals surface area contributed by atoms with E-state index in [9.17, 15) is 0 Å². The van der Waals surface area contributed by atoms with Crippen LogP contribution in [0.1, 0.15) is 44.7 Å². The molecule has 0 aromatic heterocycles. The fraction of sp³-hybridized carbons (Fsp3) is 0.588. The molecule has 0 aliphatic heterocycles. The van der Waals surface area contributed by atoms with Gasteiger partial charge in [0.1, 0.15) is 0 Å². The van der Waals surface area contributed by atoms with Gasteiger partial charge < -0.3 is 15.4 Å². The van der Waals surface area contributed by atoms with E-state index in [4.69, 9.17) is 4.74 Å². The first kappa shape index (κ1) is 21.2. The Balaban J connectivity index is 0.00000441. The molecule has 0 saturated heterocycles. The van der Waals surface area contributed by atoms with E-state index in [1.54, 1.807) is 0 Å². The highest BCUT2D eigenvalue weighted by molar-refractivity contribution is 14.0. The van der Waals surface area contributed by atoms with Crippen molar-refractivity contribution < 1.29 is 4.74 Å². The van der Waals surface area contributed by atoms with Crippen LogP contribution in [0.5, 0.6) is 0 Å². The van der Waals surface area contributed by atoms with Crippen molar-refractivity contribution in [1.82, 2.24) is 10.6 Å². The van der Waals surface area contributed by atoms with E-state index in [1.807, 2.05) is 13.0 Å². The monoisotopic (exact) mass is 419 g/mol. The number of rotatable bonds is 9. The van der Waals surface area contributed by atoms with E-state index in [0.29, 0.717) is 13.2 Å². The Hall–Kier alpha value is -0.820. The lowest BCUT2D eigenvalue weighted by atomic mass is 10.1. The fourth-order valence-electron chi connectivity index (χ4n) is 1.95. The van der Waals surface area contributed by atoms with Gasteiger partial charge in [-0.2, -0.15) is 0 Å². The molecule has 0 heterocycles. The standard InChI is InChI=1S/C17H29N3O.HI/c1-4-7-12-19-17(18-5-2)20-13-15-10-8-9-11-16(15)14-21-6-3;/h8-11H,4-7,12-14H2,1-3H3,(H2,18,19,20);1H. The van der Waals surface area contributed by atoms with E-state index in [1.165, 1.54) is 17.5 Å². The number of aliphatic imine (C=N–C) groups is 1. The Kier molecular flexibility index (Phi) is 13.3. The average molecular weight is 419 g/mol. The minimum atomic E-state index is 0. The topological polar surface area (TPSA) is 45.7 Å². The molecule has 22 heavy (non-hydrogen) atoms. The van der Waals surface area contributed by atoms with Gasteiger partial charge in [0, 0.05) is 19.7 Å². The van der Waals surface area contributed by atoms with Crippen LogP contribution in [0.25, 0.3) is 0 Å². The molecule has 2 N–H and O–H groups in total. The number of nitrogens with zero attached hydrogens (tertiary/aromatic N) is 1. The predicted molar refractivity (Wildman–Crippen MR) is 105 cm³/mol. The third-order valence-electron chi connectivity index (χ3n) is 3.15. The van der Waals surface area contributed by atoms with Crippen molar-refractivity contribution >= 4 is 29.9 Å². The van der Waals surface area contributed by atoms with Crippen LogP contribution in [-0.4, -0.2) is 25.7 Å². The van der Waals surface area contributed by atoms with Gasteiger partial charge in [-0.3, -0.25) is 0 Å². The molecule has 0 aliphatic carbocycles. The maximum atomic E-state index is 5.51. The summed E-state index contributed by atoms with van der Waals surface area (Å²) in [5.74, 6) is 0.886. The van der Waals surface area contributed by atoms with E-state index >= 15 is 0 Å². The number of hydrogen-bond donors (Lipinski definition) is 2. The van der Waals surface area contributed by atoms with Gasteiger partial charge in [-0.1, -0.05) is 37.6 Å². The maximum absolute atomic E-state index is 5.51. The van der Waals surface area contributed by atoms with Crippen molar-refractivity contribution in [2.75, 3.05) is 19.7 Å². The molecule has 0 atom stereocenters. The lowest BCUT2D eigenvalue weighted by molar-refractivity contribution is 0.133. The molecular formula is C17H30IN3O. The molecule has 0 aliphatic rings. The van der Waals surface area contributed by atoms with Crippen LogP contribution in [0, 0.1) is 0 Å². The smallest absolute Gasteiger partial charge is 0.191 e. The molecule has 126 valence electrons. The lowest BCUT2D eigenvalue weighted by Gasteiger charge is -2.12. The van der Waals surface area contributed by atoms with E-state index in [-0.39, 0.29) is 24.0 Å². The molecular weight excluding hydrogens is 389 g/mol. The summed E-state index contributed by atoms with van der Waals surface area (Å²) in [6, 6.07) is 8.33. The van der Waals surface area contributed by atoms with Gasteiger partial charge in [0.15, 0.2) is 5.96 Å². The first-order valence-electron chi connectivity index (χ1n) is 7.98. The van der Waals surface area contributed by atoms with Crippen molar-refractivity contribution in [3.05, 3.63) is 35.4 Å². The van der Waals surface area contributed by atoms with Crippen molar-refractivity contribution in [2.24, 2.45) is 4.99 Å². The highest BCUT2D eigenvalue weighted by Crippen LogP contribution is 2.11. The molecule has 0 unspecified atom stereocenters. The Labute approximate surface area is 152 Å². The van der Waals surface area contributed by atoms with Gasteiger partial charge in [-0.25, -0.2) is 4.99 Å². The fourth-order valence-corrected chi connectivity index (χ4v) is 1.95. The summed E-state index contributed by atoms with van der Waals surface area (Å²) in [4.78, 5) is 4.66. The van der Waals surface area contributed by atoms with Gasteiger partial charge in [-0.05, 0) is 31.4 Å². The summed E-state index contributed by atoms with van der Waals surface area (Å²) >= 11 is 0. The second-order valence-electron chi connectivity index (χ2n) is 4.88. The molecule has 0 fully saturated rings. The highest BCUT2D eigenvalue weighted by Gasteiger charge is 2.02. The maximum Gasteiger partial charge on any atom is 0.191 e. The van der Waals surface area contributed by atoms with Crippen LogP contribution < -0.4 is 10.6 Å². The average Bonchev–Trinajstić information content (AvgIpc) is 2.51. The normalized spacial score (nSPS) is 11.0. The number of halogens is 1.